The number of carbonyl (C=O) groups excluding carboxylic acids is 1. The number of amides is 1. The Morgan fingerprint density at radius 3 is 2.95 bits per heavy atom. The average molecular weight is 282 g/mol. The molecule has 0 atom stereocenters. The zero-order valence-corrected chi connectivity index (χ0v) is 12.2. The number of thiazole rings is 1. The van der Waals surface area contributed by atoms with Crippen LogP contribution in [0.2, 0.25) is 0 Å². The first-order valence-corrected chi connectivity index (χ1v) is 7.67. The Morgan fingerprint density at radius 1 is 1.58 bits per heavy atom. The number of aromatic nitrogens is 1. The third kappa shape index (κ3) is 4.89. The second-order valence-electron chi connectivity index (χ2n) is 5.10. The molecule has 1 saturated heterocycles. The molecule has 106 valence electrons. The van der Waals surface area contributed by atoms with Crippen LogP contribution in [-0.4, -0.2) is 48.0 Å². The smallest absolute Gasteiger partial charge is 0.234 e. The Bertz CT molecular complexity index is 413. The Morgan fingerprint density at radius 2 is 2.32 bits per heavy atom. The number of carbonyl (C=O) groups is 1. The first kappa shape index (κ1) is 14.4. The SMILES string of the molecule is Cc1csc(CCNC(=O)CN2CCC(N)CC2)n1. The first-order chi connectivity index (χ1) is 9.13. The molecule has 1 fully saturated rings. The molecule has 0 aromatic carbocycles. The Labute approximate surface area is 118 Å². The monoisotopic (exact) mass is 282 g/mol. The molecule has 1 aliphatic heterocycles. The topological polar surface area (TPSA) is 71.2 Å². The van der Waals surface area contributed by atoms with Crippen LogP contribution >= 0.6 is 11.3 Å². The van der Waals surface area contributed by atoms with Gasteiger partial charge in [-0.1, -0.05) is 0 Å². The van der Waals surface area contributed by atoms with Crippen LogP contribution in [0.3, 0.4) is 0 Å². The lowest BCUT2D eigenvalue weighted by atomic mass is 10.1. The normalized spacial score (nSPS) is 17.6. The van der Waals surface area contributed by atoms with E-state index < -0.39 is 0 Å². The molecule has 0 unspecified atom stereocenters. The summed E-state index contributed by atoms with van der Waals surface area (Å²) in [5.41, 5.74) is 6.89. The Kier molecular flexibility index (Phi) is 5.30. The van der Waals surface area contributed by atoms with Crippen LogP contribution in [0, 0.1) is 6.92 Å². The van der Waals surface area contributed by atoms with E-state index in [1.165, 1.54) is 0 Å². The first-order valence-electron chi connectivity index (χ1n) is 6.79. The minimum Gasteiger partial charge on any atom is -0.355 e. The van der Waals surface area contributed by atoms with E-state index >= 15 is 0 Å². The van der Waals surface area contributed by atoms with Gasteiger partial charge in [0.2, 0.25) is 5.91 Å². The molecule has 0 saturated carbocycles. The third-order valence-corrected chi connectivity index (χ3v) is 4.35. The number of piperidine rings is 1. The second kappa shape index (κ2) is 6.98. The zero-order chi connectivity index (χ0) is 13.7. The van der Waals surface area contributed by atoms with Crippen molar-refractivity contribution >= 4 is 17.2 Å². The lowest BCUT2D eigenvalue weighted by Gasteiger charge is -2.29. The van der Waals surface area contributed by atoms with Gasteiger partial charge in [-0.15, -0.1) is 11.3 Å². The van der Waals surface area contributed by atoms with Crippen molar-refractivity contribution in [1.82, 2.24) is 15.2 Å². The van der Waals surface area contributed by atoms with E-state index in [9.17, 15) is 4.79 Å². The highest BCUT2D eigenvalue weighted by Gasteiger charge is 2.17. The molecule has 0 spiro atoms. The molecular formula is C13H22N4OS. The van der Waals surface area contributed by atoms with Gasteiger partial charge in [-0.05, 0) is 19.8 Å². The van der Waals surface area contributed by atoms with Crippen molar-refractivity contribution < 1.29 is 4.79 Å². The predicted octanol–water partition coefficient (Wildman–Crippen LogP) is 0.533. The zero-order valence-electron chi connectivity index (χ0n) is 11.4. The molecule has 19 heavy (non-hydrogen) atoms. The maximum Gasteiger partial charge on any atom is 0.234 e. The lowest BCUT2D eigenvalue weighted by Crippen LogP contribution is -2.44. The minimum absolute atomic E-state index is 0.101. The molecule has 6 heteroatoms. The van der Waals surface area contributed by atoms with Crippen molar-refractivity contribution in [2.24, 2.45) is 5.73 Å². The van der Waals surface area contributed by atoms with Crippen LogP contribution in [0.15, 0.2) is 5.38 Å². The molecular weight excluding hydrogens is 260 g/mol. The van der Waals surface area contributed by atoms with E-state index in [2.05, 4.69) is 15.2 Å². The summed E-state index contributed by atoms with van der Waals surface area (Å²) in [6.07, 6.45) is 2.80. The maximum absolute atomic E-state index is 11.8. The average Bonchev–Trinajstić information content (AvgIpc) is 2.78. The molecule has 3 N–H and O–H groups in total. The number of nitrogens with one attached hydrogen (secondary N) is 1. The van der Waals surface area contributed by atoms with Crippen LogP contribution in [0.1, 0.15) is 23.5 Å². The summed E-state index contributed by atoms with van der Waals surface area (Å²) in [5.74, 6) is 0.101. The number of aryl methyl sites for hydroxylation is 1. The van der Waals surface area contributed by atoms with Gasteiger partial charge in [0.15, 0.2) is 0 Å². The van der Waals surface area contributed by atoms with Crippen LogP contribution in [0.4, 0.5) is 0 Å². The van der Waals surface area contributed by atoms with Gasteiger partial charge in [0.05, 0.1) is 11.6 Å². The maximum atomic E-state index is 11.8. The fourth-order valence-electron chi connectivity index (χ4n) is 2.20. The third-order valence-electron chi connectivity index (χ3n) is 3.33. The summed E-state index contributed by atoms with van der Waals surface area (Å²) >= 11 is 1.65. The van der Waals surface area contributed by atoms with Crippen LogP contribution in [0.5, 0.6) is 0 Å². The highest BCUT2D eigenvalue weighted by atomic mass is 32.1. The summed E-state index contributed by atoms with van der Waals surface area (Å²) in [6.45, 7) is 5.00. The molecule has 0 bridgehead atoms. The van der Waals surface area contributed by atoms with Crippen LogP contribution in [-0.2, 0) is 11.2 Å². The number of likely N-dealkylation sites (tertiary alicyclic amines) is 1. The van der Waals surface area contributed by atoms with Crippen molar-refractivity contribution in [3.05, 3.63) is 16.1 Å². The number of nitrogens with zero attached hydrogens (tertiary/aromatic N) is 2. The number of hydrogen-bond donors (Lipinski definition) is 2. The standard InChI is InChI=1S/C13H22N4OS/c1-10-9-19-13(16-10)2-5-15-12(18)8-17-6-3-11(14)4-7-17/h9,11H,2-8,14H2,1H3,(H,15,18). The number of hydrogen-bond acceptors (Lipinski definition) is 5. The molecule has 2 heterocycles. The summed E-state index contributed by atoms with van der Waals surface area (Å²) in [6, 6.07) is 0.312. The highest BCUT2D eigenvalue weighted by Crippen LogP contribution is 2.09. The molecule has 0 aliphatic carbocycles. The van der Waals surface area contributed by atoms with Crippen molar-refractivity contribution in [3.8, 4) is 0 Å². The fraction of sp³-hybridized carbons (Fsp3) is 0.692. The van der Waals surface area contributed by atoms with Gasteiger partial charge in [0.25, 0.3) is 0 Å². The summed E-state index contributed by atoms with van der Waals surface area (Å²) in [4.78, 5) is 18.3. The Balaban J connectivity index is 1.62. The van der Waals surface area contributed by atoms with Gasteiger partial charge in [-0.2, -0.15) is 0 Å². The van der Waals surface area contributed by atoms with Crippen molar-refractivity contribution in [2.45, 2.75) is 32.2 Å². The molecule has 5 nitrogen and oxygen atoms in total. The fourth-order valence-corrected chi connectivity index (χ4v) is 2.97. The van der Waals surface area contributed by atoms with E-state index in [0.29, 0.717) is 19.1 Å². The largest absolute Gasteiger partial charge is 0.355 e. The molecule has 1 amide bonds. The Hall–Kier alpha value is -0.980. The molecule has 1 aromatic heterocycles. The number of rotatable bonds is 5. The van der Waals surface area contributed by atoms with Crippen molar-refractivity contribution in [3.63, 3.8) is 0 Å². The van der Waals surface area contributed by atoms with E-state index in [-0.39, 0.29) is 5.91 Å². The summed E-state index contributed by atoms with van der Waals surface area (Å²) in [5, 5.41) is 6.07. The molecule has 1 aliphatic rings. The highest BCUT2D eigenvalue weighted by molar-refractivity contribution is 7.09. The van der Waals surface area contributed by atoms with Gasteiger partial charge in [0, 0.05) is 43.2 Å². The van der Waals surface area contributed by atoms with E-state index in [4.69, 9.17) is 5.73 Å². The molecule has 0 radical (unpaired) electrons. The van der Waals surface area contributed by atoms with Gasteiger partial charge >= 0.3 is 0 Å². The second-order valence-corrected chi connectivity index (χ2v) is 6.04. The van der Waals surface area contributed by atoms with E-state index in [0.717, 1.165) is 43.1 Å². The van der Waals surface area contributed by atoms with Crippen molar-refractivity contribution in [1.29, 1.82) is 0 Å². The van der Waals surface area contributed by atoms with Crippen LogP contribution in [0.25, 0.3) is 0 Å². The van der Waals surface area contributed by atoms with Gasteiger partial charge in [0.1, 0.15) is 0 Å². The van der Waals surface area contributed by atoms with Crippen molar-refractivity contribution in [2.75, 3.05) is 26.2 Å². The van der Waals surface area contributed by atoms with E-state index in [1.54, 1.807) is 11.3 Å². The molecule has 2 rings (SSSR count). The van der Waals surface area contributed by atoms with E-state index in [1.807, 2.05) is 12.3 Å². The lowest BCUT2D eigenvalue weighted by molar-refractivity contribution is -0.122. The van der Waals surface area contributed by atoms with Crippen LogP contribution < -0.4 is 11.1 Å². The van der Waals surface area contributed by atoms with Gasteiger partial charge < -0.3 is 11.1 Å². The summed E-state index contributed by atoms with van der Waals surface area (Å²) < 4.78 is 0. The molecule has 1 aromatic rings. The summed E-state index contributed by atoms with van der Waals surface area (Å²) in [7, 11) is 0. The van der Waals surface area contributed by atoms with Gasteiger partial charge in [-0.3, -0.25) is 9.69 Å². The van der Waals surface area contributed by atoms with Gasteiger partial charge in [-0.25, -0.2) is 4.98 Å². The minimum atomic E-state index is 0.101. The number of nitrogens with two attached hydrogens (primary N) is 1. The quantitative estimate of drug-likeness (QED) is 0.826. The predicted molar refractivity (Wildman–Crippen MR) is 77.2 cm³/mol.